The molecule has 2 aromatic rings. The first kappa shape index (κ1) is 10.3. The molecule has 0 bridgehead atoms. The molecule has 1 unspecified atom stereocenters. The zero-order valence-corrected chi connectivity index (χ0v) is 9.62. The van der Waals surface area contributed by atoms with E-state index in [9.17, 15) is 0 Å². The van der Waals surface area contributed by atoms with Crippen LogP contribution in [0.1, 0.15) is 17.7 Å². The summed E-state index contributed by atoms with van der Waals surface area (Å²) in [5.74, 6) is 0. The van der Waals surface area contributed by atoms with Gasteiger partial charge in [0.25, 0.3) is 0 Å². The summed E-state index contributed by atoms with van der Waals surface area (Å²) in [6.07, 6.45) is 0. The van der Waals surface area contributed by atoms with Gasteiger partial charge in [0.15, 0.2) is 0 Å². The van der Waals surface area contributed by atoms with Crippen LogP contribution in [0.15, 0.2) is 54.6 Å². The second kappa shape index (κ2) is 4.54. The van der Waals surface area contributed by atoms with Crippen LogP contribution in [0.5, 0.6) is 0 Å². The molecule has 0 amide bonds. The number of thiol groups is 1. The van der Waals surface area contributed by atoms with Crippen molar-refractivity contribution in [1.29, 1.82) is 0 Å². The molecule has 0 radical (unpaired) electrons. The highest BCUT2D eigenvalue weighted by Crippen LogP contribution is 2.30. The third-order valence-corrected chi connectivity index (χ3v) is 2.77. The SMILES string of the molecule is CC(S)c1ccccc1-c1ccccc1. The molecule has 0 aliphatic heterocycles. The number of benzene rings is 2. The highest BCUT2D eigenvalue weighted by Gasteiger charge is 2.07. The largest absolute Gasteiger partial charge is 0.171 e. The highest BCUT2D eigenvalue weighted by molar-refractivity contribution is 7.80. The molecule has 76 valence electrons. The van der Waals surface area contributed by atoms with Gasteiger partial charge in [0.2, 0.25) is 0 Å². The molecule has 0 saturated carbocycles. The Bertz CT molecular complexity index is 432. The molecular formula is C14H14S. The molecule has 0 aliphatic carbocycles. The fourth-order valence-corrected chi connectivity index (χ4v) is 1.97. The van der Waals surface area contributed by atoms with Crippen LogP contribution < -0.4 is 0 Å². The van der Waals surface area contributed by atoms with Crippen molar-refractivity contribution in [2.75, 3.05) is 0 Å². The van der Waals surface area contributed by atoms with Gasteiger partial charge in [0, 0.05) is 5.25 Å². The molecular weight excluding hydrogens is 200 g/mol. The molecule has 0 nitrogen and oxygen atoms in total. The first-order valence-electron chi connectivity index (χ1n) is 5.11. The maximum Gasteiger partial charge on any atom is 0.0245 e. The molecule has 0 aromatic heterocycles. The average Bonchev–Trinajstić information content (AvgIpc) is 2.30. The van der Waals surface area contributed by atoms with Crippen LogP contribution in [0.3, 0.4) is 0 Å². The smallest absolute Gasteiger partial charge is 0.0245 e. The van der Waals surface area contributed by atoms with Crippen LogP contribution >= 0.6 is 12.6 Å². The summed E-state index contributed by atoms with van der Waals surface area (Å²) in [7, 11) is 0. The Kier molecular flexibility index (Phi) is 3.12. The quantitative estimate of drug-likeness (QED) is 0.706. The van der Waals surface area contributed by atoms with Crippen molar-refractivity contribution < 1.29 is 0 Å². The molecule has 0 heterocycles. The minimum Gasteiger partial charge on any atom is -0.171 e. The molecule has 0 N–H and O–H groups in total. The summed E-state index contributed by atoms with van der Waals surface area (Å²) < 4.78 is 0. The van der Waals surface area contributed by atoms with E-state index in [2.05, 4.69) is 68.1 Å². The fourth-order valence-electron chi connectivity index (χ4n) is 1.74. The molecule has 2 rings (SSSR count). The van der Waals surface area contributed by atoms with Crippen molar-refractivity contribution in [2.45, 2.75) is 12.2 Å². The summed E-state index contributed by atoms with van der Waals surface area (Å²) in [6, 6.07) is 18.9. The van der Waals surface area contributed by atoms with Gasteiger partial charge in [0.1, 0.15) is 0 Å². The third-order valence-electron chi connectivity index (χ3n) is 2.50. The molecule has 1 atom stereocenters. The summed E-state index contributed by atoms with van der Waals surface area (Å²) in [5.41, 5.74) is 3.82. The second-order valence-corrected chi connectivity index (χ2v) is 4.40. The van der Waals surface area contributed by atoms with Gasteiger partial charge in [-0.05, 0) is 23.6 Å². The van der Waals surface area contributed by atoms with E-state index in [1.165, 1.54) is 16.7 Å². The Hall–Kier alpha value is -1.21. The summed E-state index contributed by atoms with van der Waals surface area (Å²) >= 11 is 4.51. The molecule has 0 fully saturated rings. The van der Waals surface area contributed by atoms with Gasteiger partial charge in [-0.15, -0.1) is 0 Å². The van der Waals surface area contributed by atoms with Crippen LogP contribution in [-0.2, 0) is 0 Å². The zero-order valence-electron chi connectivity index (χ0n) is 8.72. The monoisotopic (exact) mass is 214 g/mol. The lowest BCUT2D eigenvalue weighted by atomic mass is 9.98. The Morgan fingerprint density at radius 3 is 2.13 bits per heavy atom. The minimum absolute atomic E-state index is 0.265. The predicted octanol–water partition coefficient (Wildman–Crippen LogP) is 4.34. The molecule has 0 aliphatic rings. The van der Waals surface area contributed by atoms with E-state index in [1.807, 2.05) is 6.07 Å². The maximum absolute atomic E-state index is 4.51. The van der Waals surface area contributed by atoms with Crippen molar-refractivity contribution in [1.82, 2.24) is 0 Å². The summed E-state index contributed by atoms with van der Waals surface area (Å²) in [6.45, 7) is 2.10. The van der Waals surface area contributed by atoms with Gasteiger partial charge in [-0.2, -0.15) is 12.6 Å². The van der Waals surface area contributed by atoms with Gasteiger partial charge >= 0.3 is 0 Å². The van der Waals surface area contributed by atoms with Crippen LogP contribution in [0.25, 0.3) is 11.1 Å². The third kappa shape index (κ3) is 2.24. The zero-order chi connectivity index (χ0) is 10.7. The normalized spacial score (nSPS) is 12.4. The van der Waals surface area contributed by atoms with Crippen molar-refractivity contribution in [3.63, 3.8) is 0 Å². The van der Waals surface area contributed by atoms with Crippen LogP contribution in [-0.4, -0.2) is 0 Å². The lowest BCUT2D eigenvalue weighted by Gasteiger charge is -2.11. The van der Waals surface area contributed by atoms with Crippen LogP contribution in [0.4, 0.5) is 0 Å². The minimum atomic E-state index is 0.265. The van der Waals surface area contributed by atoms with Gasteiger partial charge in [-0.3, -0.25) is 0 Å². The van der Waals surface area contributed by atoms with Crippen molar-refractivity contribution in [3.05, 3.63) is 60.2 Å². The van der Waals surface area contributed by atoms with Gasteiger partial charge in [-0.1, -0.05) is 54.6 Å². The van der Waals surface area contributed by atoms with Gasteiger partial charge in [0.05, 0.1) is 0 Å². The van der Waals surface area contributed by atoms with E-state index in [4.69, 9.17) is 0 Å². The first-order valence-corrected chi connectivity index (χ1v) is 5.63. The van der Waals surface area contributed by atoms with Gasteiger partial charge < -0.3 is 0 Å². The van der Waals surface area contributed by atoms with E-state index in [0.717, 1.165) is 0 Å². The topological polar surface area (TPSA) is 0 Å². The summed E-state index contributed by atoms with van der Waals surface area (Å²) in [4.78, 5) is 0. The van der Waals surface area contributed by atoms with E-state index in [1.54, 1.807) is 0 Å². The molecule has 0 spiro atoms. The Morgan fingerprint density at radius 1 is 0.867 bits per heavy atom. The first-order chi connectivity index (χ1) is 7.29. The van der Waals surface area contributed by atoms with Crippen molar-refractivity contribution in [2.24, 2.45) is 0 Å². The second-order valence-electron chi connectivity index (χ2n) is 3.63. The van der Waals surface area contributed by atoms with Crippen LogP contribution in [0, 0.1) is 0 Å². The fraction of sp³-hybridized carbons (Fsp3) is 0.143. The van der Waals surface area contributed by atoms with Crippen LogP contribution in [0.2, 0.25) is 0 Å². The molecule has 15 heavy (non-hydrogen) atoms. The van der Waals surface area contributed by atoms with E-state index in [-0.39, 0.29) is 5.25 Å². The average molecular weight is 214 g/mol. The standard InChI is InChI=1S/C14H14S/c1-11(15)13-9-5-6-10-14(13)12-7-3-2-4-8-12/h2-11,15H,1H3. The Labute approximate surface area is 96.4 Å². The number of hydrogen-bond acceptors (Lipinski definition) is 1. The van der Waals surface area contributed by atoms with E-state index in [0.29, 0.717) is 0 Å². The molecule has 2 aromatic carbocycles. The van der Waals surface area contributed by atoms with Gasteiger partial charge in [-0.25, -0.2) is 0 Å². The molecule has 0 saturated heterocycles. The van der Waals surface area contributed by atoms with E-state index >= 15 is 0 Å². The Balaban J connectivity index is 2.53. The Morgan fingerprint density at radius 2 is 1.47 bits per heavy atom. The molecule has 1 heteroatoms. The maximum atomic E-state index is 4.51. The number of rotatable bonds is 2. The number of hydrogen-bond donors (Lipinski definition) is 1. The van der Waals surface area contributed by atoms with E-state index < -0.39 is 0 Å². The highest BCUT2D eigenvalue weighted by atomic mass is 32.1. The lowest BCUT2D eigenvalue weighted by Crippen LogP contribution is -1.89. The van der Waals surface area contributed by atoms with Crippen molar-refractivity contribution >= 4 is 12.6 Å². The summed E-state index contributed by atoms with van der Waals surface area (Å²) in [5, 5.41) is 0.265. The van der Waals surface area contributed by atoms with Crippen molar-refractivity contribution in [3.8, 4) is 11.1 Å². The lowest BCUT2D eigenvalue weighted by molar-refractivity contribution is 1.11. The predicted molar refractivity (Wildman–Crippen MR) is 69.3 cm³/mol.